The standard InChI is InChI=1S/C10H13IO/c1-2-3-10(11)8-4-6-9(12)7-5-8/h4-7,10,12H,2-3H2,1H3. The predicted molar refractivity (Wildman–Crippen MR) is 59.8 cm³/mol. The fraction of sp³-hybridized carbons (Fsp3) is 0.400. The third kappa shape index (κ3) is 2.66. The zero-order valence-corrected chi connectivity index (χ0v) is 9.28. The quantitative estimate of drug-likeness (QED) is 0.659. The summed E-state index contributed by atoms with van der Waals surface area (Å²) in [7, 11) is 0. The molecule has 0 saturated heterocycles. The first-order valence-corrected chi connectivity index (χ1v) is 5.41. The summed E-state index contributed by atoms with van der Waals surface area (Å²) < 4.78 is 0.577. The van der Waals surface area contributed by atoms with Gasteiger partial charge in [-0.2, -0.15) is 0 Å². The van der Waals surface area contributed by atoms with Crippen LogP contribution in [0, 0.1) is 0 Å². The number of hydrogen-bond acceptors (Lipinski definition) is 1. The SMILES string of the molecule is CCCC(I)c1ccc(O)cc1. The molecule has 1 nitrogen and oxygen atoms in total. The first-order valence-electron chi connectivity index (χ1n) is 4.17. The van der Waals surface area contributed by atoms with Crippen LogP contribution in [0.4, 0.5) is 0 Å². The third-order valence-electron chi connectivity index (χ3n) is 1.80. The molecule has 1 atom stereocenters. The van der Waals surface area contributed by atoms with Gasteiger partial charge in [0.05, 0.1) is 0 Å². The number of benzene rings is 1. The molecule has 1 aromatic rings. The van der Waals surface area contributed by atoms with Crippen LogP contribution >= 0.6 is 22.6 Å². The van der Waals surface area contributed by atoms with Crippen LogP contribution in [0.3, 0.4) is 0 Å². The van der Waals surface area contributed by atoms with Crippen molar-refractivity contribution in [1.29, 1.82) is 0 Å². The number of aromatic hydroxyl groups is 1. The molecule has 0 fully saturated rings. The predicted octanol–water partition coefficient (Wildman–Crippen LogP) is 3.67. The molecule has 0 aliphatic heterocycles. The average molecular weight is 276 g/mol. The van der Waals surface area contributed by atoms with Gasteiger partial charge < -0.3 is 5.11 Å². The second-order valence-electron chi connectivity index (χ2n) is 2.85. The molecule has 0 heterocycles. The van der Waals surface area contributed by atoms with Gasteiger partial charge in [0.15, 0.2) is 0 Å². The number of phenols is 1. The van der Waals surface area contributed by atoms with Crippen LogP contribution in [0.2, 0.25) is 0 Å². The van der Waals surface area contributed by atoms with Crippen molar-refractivity contribution in [3.05, 3.63) is 29.8 Å². The summed E-state index contributed by atoms with van der Waals surface area (Å²) in [6.45, 7) is 2.19. The summed E-state index contributed by atoms with van der Waals surface area (Å²) in [5, 5.41) is 9.07. The highest BCUT2D eigenvalue weighted by Gasteiger charge is 2.04. The highest BCUT2D eigenvalue weighted by atomic mass is 127. The van der Waals surface area contributed by atoms with Crippen LogP contribution in [0.15, 0.2) is 24.3 Å². The molecule has 1 aromatic carbocycles. The van der Waals surface area contributed by atoms with E-state index in [0.29, 0.717) is 9.67 Å². The Morgan fingerprint density at radius 3 is 2.42 bits per heavy atom. The van der Waals surface area contributed by atoms with E-state index in [4.69, 9.17) is 5.11 Å². The Morgan fingerprint density at radius 2 is 1.92 bits per heavy atom. The van der Waals surface area contributed by atoms with Crippen molar-refractivity contribution in [3.63, 3.8) is 0 Å². The Hall–Kier alpha value is -0.250. The van der Waals surface area contributed by atoms with Crippen molar-refractivity contribution >= 4 is 22.6 Å². The summed E-state index contributed by atoms with van der Waals surface area (Å²) >= 11 is 2.44. The van der Waals surface area contributed by atoms with Gasteiger partial charge in [-0.3, -0.25) is 0 Å². The van der Waals surface area contributed by atoms with Crippen molar-refractivity contribution in [2.45, 2.75) is 23.7 Å². The minimum absolute atomic E-state index is 0.346. The number of phenolic OH excluding ortho intramolecular Hbond substituents is 1. The summed E-state index contributed by atoms with van der Waals surface area (Å²) in [5.74, 6) is 0.346. The Balaban J connectivity index is 2.68. The lowest BCUT2D eigenvalue weighted by Crippen LogP contribution is -1.87. The monoisotopic (exact) mass is 276 g/mol. The molecule has 0 saturated carbocycles. The zero-order valence-electron chi connectivity index (χ0n) is 7.13. The normalized spacial score (nSPS) is 12.8. The highest BCUT2D eigenvalue weighted by Crippen LogP contribution is 2.28. The van der Waals surface area contributed by atoms with E-state index in [1.54, 1.807) is 12.1 Å². The molecule has 0 aliphatic rings. The Kier molecular flexibility index (Phi) is 3.85. The van der Waals surface area contributed by atoms with Crippen LogP contribution in [0.1, 0.15) is 29.3 Å². The van der Waals surface area contributed by atoms with Crippen LogP contribution in [0.25, 0.3) is 0 Å². The van der Waals surface area contributed by atoms with Crippen LogP contribution in [-0.2, 0) is 0 Å². The summed E-state index contributed by atoms with van der Waals surface area (Å²) in [6, 6.07) is 7.47. The fourth-order valence-electron chi connectivity index (χ4n) is 1.10. The maximum atomic E-state index is 9.07. The molecule has 1 unspecified atom stereocenters. The van der Waals surface area contributed by atoms with Crippen molar-refractivity contribution in [1.82, 2.24) is 0 Å². The van der Waals surface area contributed by atoms with Gasteiger partial charge in [0.25, 0.3) is 0 Å². The van der Waals surface area contributed by atoms with Gasteiger partial charge in [-0.05, 0) is 24.1 Å². The van der Waals surface area contributed by atoms with Crippen molar-refractivity contribution in [2.24, 2.45) is 0 Å². The van der Waals surface area contributed by atoms with Crippen molar-refractivity contribution in [2.75, 3.05) is 0 Å². The molecule has 0 aromatic heterocycles. The number of halogens is 1. The molecule has 0 amide bonds. The number of hydrogen-bond donors (Lipinski definition) is 1. The van der Waals surface area contributed by atoms with E-state index in [0.717, 1.165) is 0 Å². The van der Waals surface area contributed by atoms with E-state index in [9.17, 15) is 0 Å². The van der Waals surface area contributed by atoms with Gasteiger partial charge in [0.2, 0.25) is 0 Å². The van der Waals surface area contributed by atoms with Gasteiger partial charge in [-0.25, -0.2) is 0 Å². The van der Waals surface area contributed by atoms with Gasteiger partial charge in [-0.1, -0.05) is 48.1 Å². The second-order valence-corrected chi connectivity index (χ2v) is 4.35. The third-order valence-corrected chi connectivity index (χ3v) is 3.14. The molecule has 2 heteroatoms. The first kappa shape index (κ1) is 9.84. The Labute approximate surface area is 86.9 Å². The maximum Gasteiger partial charge on any atom is 0.115 e. The van der Waals surface area contributed by atoms with Gasteiger partial charge in [0, 0.05) is 3.92 Å². The Bertz CT molecular complexity index is 230. The van der Waals surface area contributed by atoms with E-state index in [2.05, 4.69) is 29.5 Å². The molecule has 0 spiro atoms. The van der Waals surface area contributed by atoms with Crippen LogP contribution in [0.5, 0.6) is 5.75 Å². The topological polar surface area (TPSA) is 20.2 Å². The fourth-order valence-corrected chi connectivity index (χ4v) is 2.14. The molecule has 12 heavy (non-hydrogen) atoms. The summed E-state index contributed by atoms with van der Waals surface area (Å²) in [6.07, 6.45) is 2.40. The highest BCUT2D eigenvalue weighted by molar-refractivity contribution is 14.1. The smallest absolute Gasteiger partial charge is 0.115 e. The van der Waals surface area contributed by atoms with Crippen LogP contribution < -0.4 is 0 Å². The number of rotatable bonds is 3. The Morgan fingerprint density at radius 1 is 1.33 bits per heavy atom. The molecule has 1 N–H and O–H groups in total. The minimum Gasteiger partial charge on any atom is -0.508 e. The molecule has 1 rings (SSSR count). The van der Waals surface area contributed by atoms with E-state index < -0.39 is 0 Å². The second kappa shape index (κ2) is 4.70. The first-order chi connectivity index (χ1) is 5.74. The van der Waals surface area contributed by atoms with Gasteiger partial charge in [0.1, 0.15) is 5.75 Å². The van der Waals surface area contributed by atoms with Crippen molar-refractivity contribution < 1.29 is 5.11 Å². The van der Waals surface area contributed by atoms with Gasteiger partial charge >= 0.3 is 0 Å². The van der Waals surface area contributed by atoms with E-state index in [1.807, 2.05) is 12.1 Å². The average Bonchev–Trinajstić information content (AvgIpc) is 2.06. The summed E-state index contributed by atoms with van der Waals surface area (Å²) in [5.41, 5.74) is 1.30. The maximum absolute atomic E-state index is 9.07. The molecule has 66 valence electrons. The molecule has 0 radical (unpaired) electrons. The lowest BCUT2D eigenvalue weighted by molar-refractivity contribution is 0.475. The largest absolute Gasteiger partial charge is 0.508 e. The lowest BCUT2D eigenvalue weighted by Gasteiger charge is -2.07. The molecule has 0 bridgehead atoms. The van der Waals surface area contributed by atoms with Gasteiger partial charge in [-0.15, -0.1) is 0 Å². The molecular formula is C10H13IO. The van der Waals surface area contributed by atoms with E-state index in [1.165, 1.54) is 18.4 Å². The minimum atomic E-state index is 0.346. The lowest BCUT2D eigenvalue weighted by atomic mass is 10.1. The van der Waals surface area contributed by atoms with Crippen molar-refractivity contribution in [3.8, 4) is 5.75 Å². The molecular weight excluding hydrogens is 263 g/mol. The zero-order chi connectivity index (χ0) is 8.97. The van der Waals surface area contributed by atoms with Crippen LogP contribution in [-0.4, -0.2) is 5.11 Å². The summed E-state index contributed by atoms with van der Waals surface area (Å²) in [4.78, 5) is 0. The molecule has 0 aliphatic carbocycles. The van der Waals surface area contributed by atoms with E-state index in [-0.39, 0.29) is 0 Å². The van der Waals surface area contributed by atoms with E-state index >= 15 is 0 Å². The number of alkyl halides is 1.